The van der Waals surface area contributed by atoms with E-state index in [9.17, 15) is 4.79 Å². The molecule has 2 unspecified atom stereocenters. The zero-order chi connectivity index (χ0) is 17.8. The number of nitrogens with two attached hydrogens (primary N) is 2. The van der Waals surface area contributed by atoms with Gasteiger partial charge in [-0.15, -0.1) is 0 Å². The first kappa shape index (κ1) is 22.6. The average molecular weight is 329 g/mol. The number of hydrogen-bond acceptors (Lipinski definition) is 4. The Hall–Kier alpha value is -0.450. The van der Waals surface area contributed by atoms with Crippen molar-refractivity contribution in [2.45, 2.75) is 85.4 Å². The van der Waals surface area contributed by atoms with Crippen molar-refractivity contribution in [2.24, 2.45) is 29.2 Å². The molecule has 1 fully saturated rings. The second-order valence-electron chi connectivity index (χ2n) is 7.65. The Labute approximate surface area is 143 Å². The van der Waals surface area contributed by atoms with Gasteiger partial charge in [0.25, 0.3) is 0 Å². The van der Waals surface area contributed by atoms with Crippen molar-refractivity contribution in [3.8, 4) is 0 Å². The van der Waals surface area contributed by atoms with Crippen LogP contribution in [-0.4, -0.2) is 31.1 Å². The summed E-state index contributed by atoms with van der Waals surface area (Å²) in [5.74, 6) is 2.28. The highest BCUT2D eigenvalue weighted by molar-refractivity contribution is 5.75. The van der Waals surface area contributed by atoms with Crippen LogP contribution < -0.4 is 11.5 Å². The summed E-state index contributed by atoms with van der Waals surface area (Å²) in [4.78, 5) is 10.8. The van der Waals surface area contributed by atoms with E-state index in [4.69, 9.17) is 16.2 Å². The number of rotatable bonds is 8. The maximum absolute atomic E-state index is 10.8. The molecule has 4 heteroatoms. The van der Waals surface area contributed by atoms with Crippen molar-refractivity contribution in [2.75, 3.05) is 13.1 Å². The fourth-order valence-electron chi connectivity index (χ4n) is 3.59. The summed E-state index contributed by atoms with van der Waals surface area (Å²) < 4.78 is 5.72. The van der Waals surface area contributed by atoms with Gasteiger partial charge in [0, 0.05) is 6.42 Å². The fraction of sp³-hybridized carbons (Fsp3) is 0.947. The standard InChI is InChI=1S/C10H21NO.C9H19NO/c1-8(4-5-11)6-9(2)7-10(3)12;1-7-5-8(2)11-9(6-7)3-4-10/h8-9H,4-7,11H2,1-3H3;7-9H,3-6,10H2,1-2H3/t8-,9-;7-,8?,9?/m10/s1. The normalized spacial score (nSPS) is 26.8. The second-order valence-corrected chi connectivity index (χ2v) is 7.65. The van der Waals surface area contributed by atoms with E-state index >= 15 is 0 Å². The van der Waals surface area contributed by atoms with Crippen molar-refractivity contribution < 1.29 is 9.53 Å². The molecule has 0 saturated carbocycles. The Morgan fingerprint density at radius 3 is 2.26 bits per heavy atom. The third-order valence-electron chi connectivity index (χ3n) is 4.41. The Morgan fingerprint density at radius 2 is 1.78 bits per heavy atom. The summed E-state index contributed by atoms with van der Waals surface area (Å²) in [6.07, 6.45) is 7.21. The number of ether oxygens (including phenoxy) is 1. The number of carbonyl (C=O) groups excluding carboxylic acids is 1. The highest BCUT2D eigenvalue weighted by Crippen LogP contribution is 2.25. The lowest BCUT2D eigenvalue weighted by molar-refractivity contribution is -0.117. The SMILES string of the molecule is CC(=O)C[C@H](C)C[C@H](C)CCN.CC1C[C@H](C)CC(CCN)O1. The van der Waals surface area contributed by atoms with Crippen LogP contribution >= 0.6 is 0 Å². The molecule has 4 nitrogen and oxygen atoms in total. The van der Waals surface area contributed by atoms with Crippen molar-refractivity contribution in [1.29, 1.82) is 0 Å². The molecule has 1 aliphatic heterocycles. The van der Waals surface area contributed by atoms with Gasteiger partial charge >= 0.3 is 0 Å². The van der Waals surface area contributed by atoms with Gasteiger partial charge in [-0.1, -0.05) is 20.8 Å². The summed E-state index contributed by atoms with van der Waals surface area (Å²) >= 11 is 0. The van der Waals surface area contributed by atoms with Gasteiger partial charge in [0.1, 0.15) is 5.78 Å². The summed E-state index contributed by atoms with van der Waals surface area (Å²) in [7, 11) is 0. The highest BCUT2D eigenvalue weighted by atomic mass is 16.5. The predicted molar refractivity (Wildman–Crippen MR) is 98.3 cm³/mol. The second kappa shape index (κ2) is 12.9. The molecule has 0 aliphatic carbocycles. The molecule has 0 aromatic rings. The van der Waals surface area contributed by atoms with Crippen molar-refractivity contribution in [3.63, 3.8) is 0 Å². The van der Waals surface area contributed by atoms with E-state index in [2.05, 4.69) is 27.7 Å². The minimum atomic E-state index is 0.294. The summed E-state index contributed by atoms with van der Waals surface area (Å²) in [6.45, 7) is 11.9. The molecular formula is C19H40N2O2. The van der Waals surface area contributed by atoms with Crippen LogP contribution in [0, 0.1) is 17.8 Å². The lowest BCUT2D eigenvalue weighted by Gasteiger charge is -2.31. The molecule has 4 N–H and O–H groups in total. The monoisotopic (exact) mass is 328 g/mol. The van der Waals surface area contributed by atoms with E-state index in [1.165, 1.54) is 12.8 Å². The molecule has 0 aromatic carbocycles. The van der Waals surface area contributed by atoms with Crippen LogP contribution in [0.1, 0.15) is 73.1 Å². The first-order valence-corrected chi connectivity index (χ1v) is 9.33. The molecule has 1 heterocycles. The van der Waals surface area contributed by atoms with Gasteiger partial charge < -0.3 is 21.0 Å². The molecule has 1 aliphatic rings. The minimum Gasteiger partial charge on any atom is -0.375 e. The van der Waals surface area contributed by atoms with E-state index in [-0.39, 0.29) is 0 Å². The number of ketones is 1. The van der Waals surface area contributed by atoms with Gasteiger partial charge in [0.05, 0.1) is 12.2 Å². The van der Waals surface area contributed by atoms with Crippen LogP contribution in [0.25, 0.3) is 0 Å². The van der Waals surface area contributed by atoms with E-state index in [0.717, 1.165) is 44.7 Å². The van der Waals surface area contributed by atoms with Gasteiger partial charge in [-0.25, -0.2) is 0 Å². The molecule has 0 aromatic heterocycles. The van der Waals surface area contributed by atoms with Crippen molar-refractivity contribution >= 4 is 5.78 Å². The van der Waals surface area contributed by atoms with E-state index in [1.54, 1.807) is 6.92 Å². The van der Waals surface area contributed by atoms with Gasteiger partial charge in [-0.2, -0.15) is 0 Å². The first-order chi connectivity index (χ1) is 10.8. The summed E-state index contributed by atoms with van der Waals surface area (Å²) in [5.41, 5.74) is 10.9. The molecule has 23 heavy (non-hydrogen) atoms. The van der Waals surface area contributed by atoms with Crippen LogP contribution in [0.4, 0.5) is 0 Å². The smallest absolute Gasteiger partial charge is 0.130 e. The molecule has 0 amide bonds. The van der Waals surface area contributed by atoms with Crippen LogP contribution in [-0.2, 0) is 9.53 Å². The molecule has 1 saturated heterocycles. The minimum absolute atomic E-state index is 0.294. The zero-order valence-corrected chi connectivity index (χ0v) is 16.0. The van der Waals surface area contributed by atoms with Crippen molar-refractivity contribution in [1.82, 2.24) is 0 Å². The Bertz CT molecular complexity index is 300. The Morgan fingerprint density at radius 1 is 1.13 bits per heavy atom. The van der Waals surface area contributed by atoms with Crippen LogP contribution in [0.2, 0.25) is 0 Å². The van der Waals surface area contributed by atoms with Gasteiger partial charge in [-0.3, -0.25) is 0 Å². The van der Waals surface area contributed by atoms with Crippen LogP contribution in [0.3, 0.4) is 0 Å². The lowest BCUT2D eigenvalue weighted by atomic mass is 9.91. The molecule has 0 bridgehead atoms. The number of hydrogen-bond donors (Lipinski definition) is 2. The largest absolute Gasteiger partial charge is 0.375 e. The molecule has 5 atom stereocenters. The van der Waals surface area contributed by atoms with Crippen LogP contribution in [0.15, 0.2) is 0 Å². The Balaban J connectivity index is 0.000000422. The highest BCUT2D eigenvalue weighted by Gasteiger charge is 2.23. The first-order valence-electron chi connectivity index (χ1n) is 9.33. The van der Waals surface area contributed by atoms with Crippen LogP contribution in [0.5, 0.6) is 0 Å². The lowest BCUT2D eigenvalue weighted by Crippen LogP contribution is -2.31. The molecule has 0 spiro atoms. The zero-order valence-electron chi connectivity index (χ0n) is 16.0. The van der Waals surface area contributed by atoms with E-state index in [0.29, 0.717) is 29.8 Å². The quantitative estimate of drug-likeness (QED) is 0.714. The topological polar surface area (TPSA) is 78.3 Å². The van der Waals surface area contributed by atoms with Gasteiger partial charge in [0.2, 0.25) is 0 Å². The van der Waals surface area contributed by atoms with Gasteiger partial charge in [-0.05, 0) is 76.8 Å². The fourth-order valence-corrected chi connectivity index (χ4v) is 3.59. The number of carbonyl (C=O) groups is 1. The third-order valence-corrected chi connectivity index (χ3v) is 4.41. The van der Waals surface area contributed by atoms with Gasteiger partial charge in [0.15, 0.2) is 0 Å². The maximum atomic E-state index is 10.8. The van der Waals surface area contributed by atoms with E-state index in [1.807, 2.05) is 0 Å². The van der Waals surface area contributed by atoms with E-state index < -0.39 is 0 Å². The summed E-state index contributed by atoms with van der Waals surface area (Å²) in [5, 5.41) is 0. The molecule has 1 rings (SSSR count). The number of Topliss-reactive ketones (excluding diaryl/α,β-unsaturated/α-hetero) is 1. The molecule has 0 radical (unpaired) electrons. The predicted octanol–water partition coefficient (Wildman–Crippen LogP) is 3.52. The van der Waals surface area contributed by atoms with Crippen molar-refractivity contribution in [3.05, 3.63) is 0 Å². The third kappa shape index (κ3) is 12.6. The summed E-state index contributed by atoms with van der Waals surface area (Å²) in [6, 6.07) is 0. The maximum Gasteiger partial charge on any atom is 0.130 e. The molecule has 138 valence electrons. The Kier molecular flexibility index (Phi) is 12.7. The average Bonchev–Trinajstić information content (AvgIpc) is 2.37. The molecular weight excluding hydrogens is 288 g/mol.